The molecule has 0 bridgehead atoms. The second-order valence-corrected chi connectivity index (χ2v) is 7.61. The summed E-state index contributed by atoms with van der Waals surface area (Å²) in [4.78, 5) is 19.8. The molecular formula is C15H23BrN2O. The molecule has 1 fully saturated rings. The predicted octanol–water partition coefficient (Wildman–Crippen LogP) is 4.12. The molecule has 0 atom stereocenters. The lowest BCUT2D eigenvalue weighted by molar-refractivity contribution is 0.338. The molecule has 106 valence electrons. The predicted molar refractivity (Wildman–Crippen MR) is 81.6 cm³/mol. The van der Waals surface area contributed by atoms with Gasteiger partial charge in [-0.2, -0.15) is 0 Å². The Morgan fingerprint density at radius 2 is 1.79 bits per heavy atom. The number of aromatic nitrogens is 2. The molecule has 0 unspecified atom stereocenters. The van der Waals surface area contributed by atoms with E-state index in [1.54, 1.807) is 0 Å². The first-order chi connectivity index (χ1) is 8.79. The van der Waals surface area contributed by atoms with Gasteiger partial charge in [-0.1, -0.05) is 40.5 Å². The molecule has 1 aromatic heterocycles. The second kappa shape index (κ2) is 5.39. The smallest absolute Gasteiger partial charge is 0.265 e. The van der Waals surface area contributed by atoms with Crippen molar-refractivity contribution in [2.75, 3.05) is 0 Å². The monoisotopic (exact) mass is 326 g/mol. The van der Waals surface area contributed by atoms with E-state index in [2.05, 4.69) is 48.6 Å². The molecular weight excluding hydrogens is 304 g/mol. The molecule has 2 rings (SSSR count). The van der Waals surface area contributed by atoms with Gasteiger partial charge in [-0.15, -0.1) is 0 Å². The van der Waals surface area contributed by atoms with E-state index in [4.69, 9.17) is 4.98 Å². The van der Waals surface area contributed by atoms with E-state index in [1.807, 2.05) is 0 Å². The van der Waals surface area contributed by atoms with Crippen LogP contribution in [0.2, 0.25) is 0 Å². The molecule has 19 heavy (non-hydrogen) atoms. The summed E-state index contributed by atoms with van der Waals surface area (Å²) >= 11 is 3.38. The summed E-state index contributed by atoms with van der Waals surface area (Å²) in [6.07, 6.45) is 4.73. The number of rotatable bonds is 1. The second-order valence-electron chi connectivity index (χ2n) is 6.82. The Labute approximate surface area is 123 Å². The molecule has 0 saturated heterocycles. The minimum atomic E-state index is -0.121. The first-order valence-electron chi connectivity index (χ1n) is 7.09. The van der Waals surface area contributed by atoms with Crippen molar-refractivity contribution in [1.29, 1.82) is 0 Å². The van der Waals surface area contributed by atoms with Crippen LogP contribution in [0.1, 0.15) is 70.8 Å². The van der Waals surface area contributed by atoms with Crippen LogP contribution in [0.25, 0.3) is 0 Å². The topological polar surface area (TPSA) is 45.8 Å². The third-order valence-corrected chi connectivity index (χ3v) is 4.73. The third-order valence-electron chi connectivity index (χ3n) is 3.99. The van der Waals surface area contributed by atoms with Crippen LogP contribution < -0.4 is 5.56 Å². The van der Waals surface area contributed by atoms with Crippen molar-refractivity contribution in [2.24, 2.45) is 5.92 Å². The lowest BCUT2D eigenvalue weighted by atomic mass is 9.82. The summed E-state index contributed by atoms with van der Waals surface area (Å²) < 4.78 is 0.577. The Morgan fingerprint density at radius 1 is 1.21 bits per heavy atom. The van der Waals surface area contributed by atoms with Gasteiger partial charge in [-0.3, -0.25) is 4.79 Å². The van der Waals surface area contributed by atoms with Crippen molar-refractivity contribution in [3.05, 3.63) is 26.3 Å². The summed E-state index contributed by atoms with van der Waals surface area (Å²) in [5, 5.41) is 0. The average molecular weight is 327 g/mol. The van der Waals surface area contributed by atoms with Crippen LogP contribution in [-0.4, -0.2) is 9.97 Å². The normalized spacial score (nSPS) is 24.5. The van der Waals surface area contributed by atoms with Gasteiger partial charge in [0.05, 0.1) is 5.69 Å². The van der Waals surface area contributed by atoms with Crippen LogP contribution in [0, 0.1) is 5.92 Å². The summed E-state index contributed by atoms with van der Waals surface area (Å²) in [5.41, 5.74) is 0.697. The van der Waals surface area contributed by atoms with Crippen molar-refractivity contribution in [1.82, 2.24) is 9.97 Å². The minimum Gasteiger partial charge on any atom is -0.309 e. The molecule has 0 radical (unpaired) electrons. The lowest BCUT2D eigenvalue weighted by Crippen LogP contribution is -2.25. The van der Waals surface area contributed by atoms with E-state index in [-0.39, 0.29) is 11.0 Å². The molecule has 0 aliphatic heterocycles. The Bertz CT molecular complexity index is 508. The van der Waals surface area contributed by atoms with Crippen LogP contribution in [0.15, 0.2) is 9.27 Å². The first kappa shape index (κ1) is 14.8. The fraction of sp³-hybridized carbons (Fsp3) is 0.733. The highest BCUT2D eigenvalue weighted by Gasteiger charge is 2.26. The zero-order valence-corrected chi connectivity index (χ0v) is 13.8. The van der Waals surface area contributed by atoms with Gasteiger partial charge >= 0.3 is 0 Å². The quantitative estimate of drug-likeness (QED) is 0.843. The molecule has 0 spiro atoms. The van der Waals surface area contributed by atoms with Gasteiger partial charge in [0, 0.05) is 11.3 Å². The third kappa shape index (κ3) is 3.28. The Kier molecular flexibility index (Phi) is 4.19. The number of aromatic amines is 1. The molecule has 1 aromatic rings. The molecule has 1 heterocycles. The molecule has 3 nitrogen and oxygen atoms in total. The van der Waals surface area contributed by atoms with E-state index in [0.717, 1.165) is 30.3 Å². The number of hydrogen-bond donors (Lipinski definition) is 1. The van der Waals surface area contributed by atoms with Crippen molar-refractivity contribution < 1.29 is 0 Å². The SMILES string of the molecule is CC1CCC(c2nc(C(C)(C)C)c(Br)c(=O)[nH]2)CC1. The van der Waals surface area contributed by atoms with Crippen LogP contribution >= 0.6 is 15.9 Å². The Morgan fingerprint density at radius 3 is 2.32 bits per heavy atom. The van der Waals surface area contributed by atoms with Crippen molar-refractivity contribution in [3.8, 4) is 0 Å². The van der Waals surface area contributed by atoms with Gasteiger partial charge in [0.15, 0.2) is 0 Å². The number of nitrogens with one attached hydrogen (secondary N) is 1. The zero-order chi connectivity index (χ0) is 14.2. The molecule has 1 aliphatic carbocycles. The van der Waals surface area contributed by atoms with Crippen LogP contribution in [0.4, 0.5) is 0 Å². The van der Waals surface area contributed by atoms with E-state index >= 15 is 0 Å². The van der Waals surface area contributed by atoms with E-state index in [0.29, 0.717) is 10.4 Å². The Balaban J connectivity index is 2.37. The van der Waals surface area contributed by atoms with Gasteiger partial charge in [0.2, 0.25) is 0 Å². The summed E-state index contributed by atoms with van der Waals surface area (Å²) in [5.74, 6) is 2.10. The summed E-state index contributed by atoms with van der Waals surface area (Å²) in [6.45, 7) is 8.57. The van der Waals surface area contributed by atoms with Gasteiger partial charge in [-0.05, 0) is 34.7 Å². The van der Waals surface area contributed by atoms with Gasteiger partial charge in [0.25, 0.3) is 5.56 Å². The first-order valence-corrected chi connectivity index (χ1v) is 7.88. The molecule has 1 aliphatic rings. The zero-order valence-electron chi connectivity index (χ0n) is 12.2. The van der Waals surface area contributed by atoms with E-state index < -0.39 is 0 Å². The van der Waals surface area contributed by atoms with E-state index in [1.165, 1.54) is 12.8 Å². The molecule has 0 amide bonds. The molecule has 1 saturated carbocycles. The maximum absolute atomic E-state index is 12.1. The lowest BCUT2D eigenvalue weighted by Gasteiger charge is -2.27. The maximum Gasteiger partial charge on any atom is 0.265 e. The van der Waals surface area contributed by atoms with Gasteiger partial charge in [-0.25, -0.2) is 4.98 Å². The largest absolute Gasteiger partial charge is 0.309 e. The van der Waals surface area contributed by atoms with E-state index in [9.17, 15) is 4.79 Å². The van der Waals surface area contributed by atoms with Gasteiger partial charge < -0.3 is 4.98 Å². The molecule has 1 N–H and O–H groups in total. The number of hydrogen-bond acceptors (Lipinski definition) is 2. The van der Waals surface area contributed by atoms with Crippen LogP contribution in [0.5, 0.6) is 0 Å². The van der Waals surface area contributed by atoms with Crippen LogP contribution in [-0.2, 0) is 5.41 Å². The highest BCUT2D eigenvalue weighted by Crippen LogP contribution is 2.35. The number of H-pyrrole nitrogens is 1. The minimum absolute atomic E-state index is 0.0476. The standard InChI is InChI=1S/C15H23BrN2O/c1-9-5-7-10(8-6-9)13-17-12(15(2,3)4)11(16)14(19)18-13/h9-10H,5-8H2,1-4H3,(H,17,18,19). The van der Waals surface area contributed by atoms with Crippen molar-refractivity contribution >= 4 is 15.9 Å². The summed E-state index contributed by atoms with van der Waals surface area (Å²) in [7, 11) is 0. The summed E-state index contributed by atoms with van der Waals surface area (Å²) in [6, 6.07) is 0. The van der Waals surface area contributed by atoms with Gasteiger partial charge in [0.1, 0.15) is 10.3 Å². The maximum atomic E-state index is 12.1. The number of halogens is 1. The Hall–Kier alpha value is -0.640. The fourth-order valence-corrected chi connectivity index (χ4v) is 3.48. The van der Waals surface area contributed by atoms with Crippen LogP contribution in [0.3, 0.4) is 0 Å². The fourth-order valence-electron chi connectivity index (χ4n) is 2.70. The highest BCUT2D eigenvalue weighted by atomic mass is 79.9. The highest BCUT2D eigenvalue weighted by molar-refractivity contribution is 9.10. The molecule has 4 heteroatoms. The average Bonchev–Trinajstić information content (AvgIpc) is 2.32. The van der Waals surface area contributed by atoms with Crippen molar-refractivity contribution in [2.45, 2.75) is 64.7 Å². The number of nitrogens with zero attached hydrogens (tertiary/aromatic N) is 1. The van der Waals surface area contributed by atoms with Crippen molar-refractivity contribution in [3.63, 3.8) is 0 Å². The molecule has 0 aromatic carbocycles.